The first kappa shape index (κ1) is 20.7. The number of esters is 1. The molecule has 0 radical (unpaired) electrons. The van der Waals surface area contributed by atoms with Crippen LogP contribution in [0, 0.1) is 13.8 Å². The Bertz CT molecular complexity index is 873. The van der Waals surface area contributed by atoms with Gasteiger partial charge in [0.25, 0.3) is 5.91 Å². The fourth-order valence-corrected chi connectivity index (χ4v) is 3.45. The molecule has 2 aromatic rings. The highest BCUT2D eigenvalue weighted by Gasteiger charge is 2.23. The summed E-state index contributed by atoms with van der Waals surface area (Å²) in [5.74, 6) is 0.292. The molecule has 0 spiro atoms. The van der Waals surface area contributed by atoms with Gasteiger partial charge < -0.3 is 19.3 Å². The molecule has 1 amide bonds. The highest BCUT2D eigenvalue weighted by atomic mass is 16.5. The van der Waals surface area contributed by atoms with E-state index in [1.807, 2.05) is 56.3 Å². The van der Waals surface area contributed by atoms with Gasteiger partial charge in [-0.3, -0.25) is 9.59 Å². The molecule has 0 atom stereocenters. The van der Waals surface area contributed by atoms with Crippen molar-refractivity contribution in [1.29, 1.82) is 0 Å². The van der Waals surface area contributed by atoms with Gasteiger partial charge >= 0.3 is 5.97 Å². The Kier molecular flexibility index (Phi) is 6.75. The Morgan fingerprint density at radius 1 is 0.966 bits per heavy atom. The van der Waals surface area contributed by atoms with Gasteiger partial charge in [0, 0.05) is 26.2 Å². The van der Waals surface area contributed by atoms with E-state index < -0.39 is 0 Å². The number of methoxy groups -OCH3 is 1. The van der Waals surface area contributed by atoms with E-state index in [4.69, 9.17) is 9.47 Å². The van der Waals surface area contributed by atoms with Gasteiger partial charge in [0.2, 0.25) is 0 Å². The van der Waals surface area contributed by atoms with Crippen LogP contribution in [0.2, 0.25) is 0 Å². The third kappa shape index (κ3) is 5.28. The van der Waals surface area contributed by atoms with Crippen molar-refractivity contribution in [3.63, 3.8) is 0 Å². The van der Waals surface area contributed by atoms with Crippen molar-refractivity contribution >= 4 is 17.6 Å². The van der Waals surface area contributed by atoms with Gasteiger partial charge in [-0.15, -0.1) is 0 Å². The highest BCUT2D eigenvalue weighted by molar-refractivity contribution is 5.81. The predicted octanol–water partition coefficient (Wildman–Crippen LogP) is 2.75. The predicted molar refractivity (Wildman–Crippen MR) is 112 cm³/mol. The molecule has 0 N–H and O–H groups in total. The molecule has 0 aliphatic carbocycles. The Morgan fingerprint density at radius 2 is 1.69 bits per heavy atom. The number of rotatable bonds is 6. The molecule has 0 unspecified atom stereocenters. The number of para-hydroxylation sites is 2. The van der Waals surface area contributed by atoms with E-state index in [1.165, 1.54) is 5.56 Å². The van der Waals surface area contributed by atoms with Crippen LogP contribution in [0.25, 0.3) is 0 Å². The zero-order valence-electron chi connectivity index (χ0n) is 17.3. The van der Waals surface area contributed by atoms with Crippen LogP contribution in [0.5, 0.6) is 5.75 Å². The summed E-state index contributed by atoms with van der Waals surface area (Å²) in [5.41, 5.74) is 4.25. The number of aryl methyl sites for hydroxylation is 2. The molecule has 0 saturated carbocycles. The molecule has 154 valence electrons. The van der Waals surface area contributed by atoms with Gasteiger partial charge in [-0.2, -0.15) is 0 Å². The molecule has 29 heavy (non-hydrogen) atoms. The lowest BCUT2D eigenvalue weighted by Crippen LogP contribution is -2.50. The number of anilines is 1. The number of carbonyl (C=O) groups excluding carboxylic acids is 2. The normalized spacial score (nSPS) is 13.9. The average molecular weight is 396 g/mol. The maximum absolute atomic E-state index is 12.4. The van der Waals surface area contributed by atoms with Crippen molar-refractivity contribution in [2.45, 2.75) is 20.3 Å². The highest BCUT2D eigenvalue weighted by Crippen LogP contribution is 2.28. The third-order valence-electron chi connectivity index (χ3n) is 5.33. The van der Waals surface area contributed by atoms with E-state index in [2.05, 4.69) is 4.90 Å². The van der Waals surface area contributed by atoms with E-state index in [1.54, 1.807) is 12.0 Å². The molecule has 3 rings (SSSR count). The first-order chi connectivity index (χ1) is 14.0. The van der Waals surface area contributed by atoms with Crippen LogP contribution in [-0.2, 0) is 20.7 Å². The molecule has 6 heteroatoms. The summed E-state index contributed by atoms with van der Waals surface area (Å²) in [6.45, 7) is 6.43. The number of piperazine rings is 1. The maximum Gasteiger partial charge on any atom is 0.310 e. The van der Waals surface area contributed by atoms with E-state index in [0.29, 0.717) is 26.2 Å². The zero-order chi connectivity index (χ0) is 20.8. The minimum Gasteiger partial charge on any atom is -0.495 e. The van der Waals surface area contributed by atoms with Crippen LogP contribution < -0.4 is 9.64 Å². The van der Waals surface area contributed by atoms with Crippen molar-refractivity contribution in [3.05, 3.63) is 59.2 Å². The second kappa shape index (κ2) is 9.45. The maximum atomic E-state index is 12.4. The SMILES string of the molecule is COc1ccccc1N1CCN(C(=O)COC(=O)Cc2ccc(C)c(C)c2)CC1. The third-order valence-corrected chi connectivity index (χ3v) is 5.33. The molecule has 2 aromatic carbocycles. The fraction of sp³-hybridized carbons (Fsp3) is 0.391. The summed E-state index contributed by atoms with van der Waals surface area (Å²) in [7, 11) is 1.66. The summed E-state index contributed by atoms with van der Waals surface area (Å²) in [4.78, 5) is 28.5. The van der Waals surface area contributed by atoms with Gasteiger partial charge in [0.15, 0.2) is 6.61 Å². The summed E-state index contributed by atoms with van der Waals surface area (Å²) >= 11 is 0. The van der Waals surface area contributed by atoms with Gasteiger partial charge in [-0.25, -0.2) is 0 Å². The van der Waals surface area contributed by atoms with Crippen LogP contribution in [0.3, 0.4) is 0 Å². The Labute approximate surface area is 172 Å². The quantitative estimate of drug-likeness (QED) is 0.703. The van der Waals surface area contributed by atoms with Crippen molar-refractivity contribution in [3.8, 4) is 5.75 Å². The minimum absolute atomic E-state index is 0.155. The number of nitrogens with zero attached hydrogens (tertiary/aromatic N) is 2. The molecule has 0 aromatic heterocycles. The lowest BCUT2D eigenvalue weighted by Gasteiger charge is -2.36. The van der Waals surface area contributed by atoms with Crippen LogP contribution in [0.15, 0.2) is 42.5 Å². The molecule has 0 bridgehead atoms. The van der Waals surface area contributed by atoms with Gasteiger partial charge in [-0.05, 0) is 42.7 Å². The Balaban J connectivity index is 1.46. The van der Waals surface area contributed by atoms with Crippen molar-refractivity contribution < 1.29 is 19.1 Å². The average Bonchev–Trinajstić information content (AvgIpc) is 2.74. The monoisotopic (exact) mass is 396 g/mol. The molecule has 1 fully saturated rings. The first-order valence-corrected chi connectivity index (χ1v) is 9.85. The fourth-order valence-electron chi connectivity index (χ4n) is 3.45. The van der Waals surface area contributed by atoms with E-state index in [0.717, 1.165) is 22.6 Å². The second-order valence-corrected chi connectivity index (χ2v) is 7.30. The largest absolute Gasteiger partial charge is 0.495 e. The van der Waals surface area contributed by atoms with Gasteiger partial charge in [0.05, 0.1) is 19.2 Å². The number of hydrogen-bond donors (Lipinski definition) is 0. The molecule has 1 saturated heterocycles. The number of ether oxygens (including phenoxy) is 2. The smallest absolute Gasteiger partial charge is 0.310 e. The van der Waals surface area contributed by atoms with Crippen LogP contribution in [0.1, 0.15) is 16.7 Å². The zero-order valence-corrected chi connectivity index (χ0v) is 17.3. The molecule has 1 heterocycles. The molecule has 6 nitrogen and oxygen atoms in total. The standard InChI is InChI=1S/C23H28N2O4/c1-17-8-9-19(14-18(17)2)15-23(27)29-16-22(26)25-12-10-24(11-13-25)20-6-4-5-7-21(20)28-3/h4-9,14H,10-13,15-16H2,1-3H3. The van der Waals surface area contributed by atoms with E-state index in [9.17, 15) is 9.59 Å². The van der Waals surface area contributed by atoms with Crippen molar-refractivity contribution in [2.24, 2.45) is 0 Å². The topological polar surface area (TPSA) is 59.1 Å². The van der Waals surface area contributed by atoms with Crippen molar-refractivity contribution in [2.75, 3.05) is 44.8 Å². The van der Waals surface area contributed by atoms with Crippen LogP contribution in [-0.4, -0.2) is 56.7 Å². The molecule has 1 aliphatic rings. The van der Waals surface area contributed by atoms with Crippen LogP contribution in [0.4, 0.5) is 5.69 Å². The summed E-state index contributed by atoms with van der Waals surface area (Å²) < 4.78 is 10.6. The Hall–Kier alpha value is -3.02. The van der Waals surface area contributed by atoms with Crippen molar-refractivity contribution in [1.82, 2.24) is 4.90 Å². The summed E-state index contributed by atoms with van der Waals surface area (Å²) in [5, 5.41) is 0. The van der Waals surface area contributed by atoms with E-state index >= 15 is 0 Å². The minimum atomic E-state index is -0.380. The summed E-state index contributed by atoms with van der Waals surface area (Å²) in [6.07, 6.45) is 0.177. The lowest BCUT2D eigenvalue weighted by molar-refractivity contribution is -0.151. The molecule has 1 aliphatic heterocycles. The first-order valence-electron chi connectivity index (χ1n) is 9.85. The second-order valence-electron chi connectivity index (χ2n) is 7.30. The Morgan fingerprint density at radius 3 is 2.38 bits per heavy atom. The number of hydrogen-bond acceptors (Lipinski definition) is 5. The van der Waals surface area contributed by atoms with Crippen LogP contribution >= 0.6 is 0 Å². The number of carbonyl (C=O) groups is 2. The number of benzene rings is 2. The van der Waals surface area contributed by atoms with Gasteiger partial charge in [-0.1, -0.05) is 30.3 Å². The molecular weight excluding hydrogens is 368 g/mol. The van der Waals surface area contributed by atoms with Gasteiger partial charge in [0.1, 0.15) is 5.75 Å². The lowest BCUT2D eigenvalue weighted by atomic mass is 10.0. The molecular formula is C23H28N2O4. The van der Waals surface area contributed by atoms with E-state index in [-0.39, 0.29) is 24.9 Å². The summed E-state index contributed by atoms with van der Waals surface area (Å²) in [6, 6.07) is 13.8. The number of amides is 1.